The first-order valence-corrected chi connectivity index (χ1v) is 9.79. The van der Waals surface area contributed by atoms with Crippen molar-refractivity contribution in [2.75, 3.05) is 24.7 Å². The molecule has 25 heavy (non-hydrogen) atoms. The van der Waals surface area contributed by atoms with Gasteiger partial charge in [0, 0.05) is 5.38 Å². The number of aromatic nitrogens is 1. The molecule has 0 atom stereocenters. The molecule has 2 saturated heterocycles. The van der Waals surface area contributed by atoms with E-state index < -0.39 is 5.54 Å². The van der Waals surface area contributed by atoms with Crippen molar-refractivity contribution in [3.05, 3.63) is 45.4 Å². The number of nitrogens with zero attached hydrogens (tertiary/aromatic N) is 3. The average Bonchev–Trinajstić information content (AvgIpc) is 3.13. The summed E-state index contributed by atoms with van der Waals surface area (Å²) in [5, 5.41) is 7.13. The highest BCUT2D eigenvalue weighted by Crippen LogP contribution is 2.41. The van der Waals surface area contributed by atoms with Crippen LogP contribution in [0.3, 0.4) is 0 Å². The lowest BCUT2D eigenvalue weighted by molar-refractivity contribution is -0.133. The van der Waals surface area contributed by atoms with Crippen LogP contribution in [0.25, 0.3) is 0 Å². The van der Waals surface area contributed by atoms with E-state index in [1.54, 1.807) is 11.3 Å². The summed E-state index contributed by atoms with van der Waals surface area (Å²) in [6.45, 7) is 4.79. The van der Waals surface area contributed by atoms with E-state index in [2.05, 4.69) is 15.2 Å². The van der Waals surface area contributed by atoms with Gasteiger partial charge in [0.15, 0.2) is 0 Å². The largest absolute Gasteiger partial charge is 0.338 e. The minimum absolute atomic E-state index is 0.194. The molecule has 1 aromatic carbocycles. The lowest BCUT2D eigenvalue weighted by Gasteiger charge is -2.40. The number of carbonyl (C=O) groups excluding carboxylic acids is 1. The van der Waals surface area contributed by atoms with Gasteiger partial charge in [-0.2, -0.15) is 0 Å². The van der Waals surface area contributed by atoms with Gasteiger partial charge in [-0.1, -0.05) is 23.7 Å². The third kappa shape index (κ3) is 2.92. The standard InChI is InChI=1S/C18H21ClN4OS/c1-13-21-14(11-25-13)10-22-12-23(16-5-3-2-4-15(16)19)18(17(22)24)6-8-20-9-7-18/h2-5,11,20H,6-10,12H2,1H3. The minimum Gasteiger partial charge on any atom is -0.338 e. The number of halogens is 1. The summed E-state index contributed by atoms with van der Waals surface area (Å²) in [6, 6.07) is 7.81. The van der Waals surface area contributed by atoms with E-state index in [-0.39, 0.29) is 5.91 Å². The van der Waals surface area contributed by atoms with E-state index >= 15 is 0 Å². The second kappa shape index (κ2) is 6.59. The molecule has 3 heterocycles. The molecular weight excluding hydrogens is 356 g/mol. The monoisotopic (exact) mass is 376 g/mol. The number of amides is 1. The van der Waals surface area contributed by atoms with Crippen LogP contribution in [0.5, 0.6) is 0 Å². The molecule has 2 aliphatic rings. The fourth-order valence-corrected chi connectivity index (χ4v) is 4.72. The summed E-state index contributed by atoms with van der Waals surface area (Å²) in [5.41, 5.74) is 1.40. The first-order valence-electron chi connectivity index (χ1n) is 8.53. The zero-order valence-corrected chi connectivity index (χ0v) is 15.7. The molecular formula is C18H21ClN4OS. The molecule has 1 amide bonds. The summed E-state index contributed by atoms with van der Waals surface area (Å²) >= 11 is 8.09. The van der Waals surface area contributed by atoms with Crippen molar-refractivity contribution >= 4 is 34.5 Å². The van der Waals surface area contributed by atoms with Gasteiger partial charge >= 0.3 is 0 Å². The van der Waals surface area contributed by atoms with Gasteiger partial charge in [-0.3, -0.25) is 4.79 Å². The smallest absolute Gasteiger partial charge is 0.250 e. The molecule has 0 radical (unpaired) electrons. The Morgan fingerprint density at radius 2 is 2.08 bits per heavy atom. The third-order valence-electron chi connectivity index (χ3n) is 5.11. The van der Waals surface area contributed by atoms with Crippen molar-refractivity contribution in [2.45, 2.75) is 31.8 Å². The lowest BCUT2D eigenvalue weighted by atomic mass is 9.86. The highest BCUT2D eigenvalue weighted by atomic mass is 35.5. The van der Waals surface area contributed by atoms with Gasteiger partial charge in [0.2, 0.25) is 5.91 Å². The van der Waals surface area contributed by atoms with Gasteiger partial charge < -0.3 is 15.1 Å². The van der Waals surface area contributed by atoms with E-state index in [1.165, 1.54) is 0 Å². The summed E-state index contributed by atoms with van der Waals surface area (Å²) in [6.07, 6.45) is 1.59. The topological polar surface area (TPSA) is 48.5 Å². The molecule has 1 spiro atoms. The molecule has 4 rings (SSSR count). The van der Waals surface area contributed by atoms with Crippen LogP contribution in [0.15, 0.2) is 29.6 Å². The van der Waals surface area contributed by atoms with Crippen LogP contribution in [0, 0.1) is 6.92 Å². The number of piperidine rings is 1. The number of benzene rings is 1. The van der Waals surface area contributed by atoms with Gasteiger partial charge in [0.25, 0.3) is 0 Å². The molecule has 132 valence electrons. The third-order valence-corrected chi connectivity index (χ3v) is 6.25. The van der Waals surface area contributed by atoms with Crippen LogP contribution in [-0.2, 0) is 11.3 Å². The Labute approximate surface area is 156 Å². The first kappa shape index (κ1) is 16.8. The normalized spacial score (nSPS) is 19.8. The summed E-state index contributed by atoms with van der Waals surface area (Å²) in [4.78, 5) is 22.0. The number of nitrogens with one attached hydrogen (secondary N) is 1. The minimum atomic E-state index is -0.499. The maximum atomic E-state index is 13.4. The quantitative estimate of drug-likeness (QED) is 0.894. The van der Waals surface area contributed by atoms with E-state index in [4.69, 9.17) is 11.6 Å². The molecule has 0 unspecified atom stereocenters. The van der Waals surface area contributed by atoms with Gasteiger partial charge in [0.05, 0.1) is 34.6 Å². The first-order chi connectivity index (χ1) is 12.1. The van der Waals surface area contributed by atoms with Gasteiger partial charge in [-0.15, -0.1) is 11.3 Å². The molecule has 1 N–H and O–H groups in total. The molecule has 2 fully saturated rings. The Morgan fingerprint density at radius 1 is 1.32 bits per heavy atom. The van der Waals surface area contributed by atoms with Crippen LogP contribution in [0.4, 0.5) is 5.69 Å². The maximum Gasteiger partial charge on any atom is 0.250 e. The fraction of sp³-hybridized carbons (Fsp3) is 0.444. The van der Waals surface area contributed by atoms with Crippen molar-refractivity contribution in [3.8, 4) is 0 Å². The van der Waals surface area contributed by atoms with Crippen molar-refractivity contribution in [3.63, 3.8) is 0 Å². The average molecular weight is 377 g/mol. The molecule has 5 nitrogen and oxygen atoms in total. The second-order valence-corrected chi connectivity index (χ2v) is 8.13. The molecule has 2 aromatic rings. The van der Waals surface area contributed by atoms with Crippen molar-refractivity contribution < 1.29 is 4.79 Å². The lowest BCUT2D eigenvalue weighted by Crippen LogP contribution is -2.55. The van der Waals surface area contributed by atoms with Crippen molar-refractivity contribution in [2.24, 2.45) is 0 Å². The van der Waals surface area contributed by atoms with E-state index in [0.717, 1.165) is 42.3 Å². The molecule has 2 aliphatic heterocycles. The Morgan fingerprint density at radius 3 is 2.76 bits per heavy atom. The molecule has 7 heteroatoms. The molecule has 0 bridgehead atoms. The predicted octanol–water partition coefficient (Wildman–Crippen LogP) is 3.03. The Hall–Kier alpha value is -1.63. The van der Waals surface area contributed by atoms with Crippen molar-refractivity contribution in [1.29, 1.82) is 0 Å². The van der Waals surface area contributed by atoms with Crippen LogP contribution in [0.2, 0.25) is 5.02 Å². The van der Waals surface area contributed by atoms with Gasteiger partial charge in [0.1, 0.15) is 5.54 Å². The molecule has 0 saturated carbocycles. The number of para-hydroxylation sites is 1. The number of hydrogen-bond donors (Lipinski definition) is 1. The zero-order valence-electron chi connectivity index (χ0n) is 14.2. The van der Waals surface area contributed by atoms with Crippen LogP contribution >= 0.6 is 22.9 Å². The van der Waals surface area contributed by atoms with Crippen LogP contribution in [-0.4, -0.2) is 41.1 Å². The summed E-state index contributed by atoms with van der Waals surface area (Å²) < 4.78 is 0. The van der Waals surface area contributed by atoms with E-state index in [9.17, 15) is 4.79 Å². The number of aryl methyl sites for hydroxylation is 1. The van der Waals surface area contributed by atoms with E-state index in [1.807, 2.05) is 41.5 Å². The summed E-state index contributed by atoms with van der Waals surface area (Å²) in [5.74, 6) is 0.194. The number of anilines is 1. The number of rotatable bonds is 3. The number of carbonyl (C=O) groups is 1. The highest BCUT2D eigenvalue weighted by molar-refractivity contribution is 7.09. The Kier molecular flexibility index (Phi) is 4.43. The predicted molar refractivity (Wildman–Crippen MR) is 101 cm³/mol. The maximum absolute atomic E-state index is 13.4. The zero-order chi connectivity index (χ0) is 17.4. The molecule has 1 aromatic heterocycles. The van der Waals surface area contributed by atoms with E-state index in [0.29, 0.717) is 18.2 Å². The van der Waals surface area contributed by atoms with Crippen LogP contribution < -0.4 is 10.2 Å². The fourth-order valence-electron chi connectivity index (χ4n) is 3.88. The number of thiazole rings is 1. The van der Waals surface area contributed by atoms with Crippen LogP contribution in [0.1, 0.15) is 23.5 Å². The Balaban J connectivity index is 1.69. The van der Waals surface area contributed by atoms with Crippen molar-refractivity contribution in [1.82, 2.24) is 15.2 Å². The van der Waals surface area contributed by atoms with Gasteiger partial charge in [-0.25, -0.2) is 4.98 Å². The second-order valence-electron chi connectivity index (χ2n) is 6.66. The summed E-state index contributed by atoms with van der Waals surface area (Å²) in [7, 11) is 0. The number of hydrogen-bond acceptors (Lipinski definition) is 5. The SMILES string of the molecule is Cc1nc(CN2CN(c3ccccc3Cl)C3(CCNCC3)C2=O)cs1. The molecule has 0 aliphatic carbocycles. The highest BCUT2D eigenvalue weighted by Gasteiger charge is 2.53. The Bertz CT molecular complexity index is 787. The van der Waals surface area contributed by atoms with Gasteiger partial charge in [-0.05, 0) is 45.0 Å².